The summed E-state index contributed by atoms with van der Waals surface area (Å²) < 4.78 is 0. The molecule has 6 nitrogen and oxygen atoms in total. The van der Waals surface area contributed by atoms with Crippen molar-refractivity contribution in [2.75, 3.05) is 6.54 Å². The second kappa shape index (κ2) is 5.39. The number of nitrogens with zero attached hydrogens (tertiary/aromatic N) is 3. The van der Waals surface area contributed by atoms with Gasteiger partial charge < -0.3 is 10.1 Å². The highest BCUT2D eigenvalue weighted by Gasteiger charge is 2.63. The highest BCUT2D eigenvalue weighted by atomic mass is 35.5. The average molecular weight is 336 g/mol. The average Bonchev–Trinajstić information content (AvgIpc) is 3.29. The molecular weight excluding hydrogens is 318 g/mol. The predicted octanol–water partition coefficient (Wildman–Crippen LogP) is 2.80. The number of benzene rings is 1. The monoisotopic (exact) mass is 335 g/mol. The van der Waals surface area contributed by atoms with Crippen LogP contribution in [0.2, 0.25) is 0 Å². The minimum atomic E-state index is -0.349. The maximum atomic E-state index is 12.7. The molecule has 23 heavy (non-hydrogen) atoms. The summed E-state index contributed by atoms with van der Waals surface area (Å²) in [5, 5.41) is 13.7. The fourth-order valence-corrected chi connectivity index (χ4v) is 3.97. The Morgan fingerprint density at radius 1 is 1.39 bits per heavy atom. The molecule has 122 valence electrons. The number of carbonyl (C=O) groups is 1. The van der Waals surface area contributed by atoms with Crippen molar-refractivity contribution in [3.8, 4) is 0 Å². The van der Waals surface area contributed by atoms with Crippen molar-refractivity contribution in [2.24, 2.45) is 10.6 Å². The normalized spacial score (nSPS) is 28.6. The van der Waals surface area contributed by atoms with Crippen molar-refractivity contribution in [3.05, 3.63) is 35.9 Å². The van der Waals surface area contributed by atoms with E-state index in [1.54, 1.807) is 4.90 Å². The third-order valence-electron chi connectivity index (χ3n) is 5.25. The van der Waals surface area contributed by atoms with Crippen molar-refractivity contribution < 1.29 is 14.8 Å². The van der Waals surface area contributed by atoms with E-state index in [2.05, 4.69) is 5.16 Å². The second-order valence-electron chi connectivity index (χ2n) is 6.54. The summed E-state index contributed by atoms with van der Waals surface area (Å²) in [6, 6.07) is 9.29. The quantitative estimate of drug-likeness (QED) is 0.523. The minimum Gasteiger partial charge on any atom is -0.410 e. The molecule has 4 rings (SSSR count). The fraction of sp³-hybridized carbons (Fsp3) is 0.500. The van der Waals surface area contributed by atoms with Crippen molar-refractivity contribution >= 4 is 22.8 Å². The second-order valence-corrected chi connectivity index (χ2v) is 6.93. The molecule has 3 aliphatic rings. The molecule has 1 saturated carbocycles. The topological polar surface area (TPSA) is 65.4 Å². The molecule has 1 aromatic rings. The number of halogens is 1. The minimum absolute atomic E-state index is 0.0504. The number of carbonyl (C=O) groups excluding carboxylic acids is 1. The van der Waals surface area contributed by atoms with Crippen LogP contribution in [-0.4, -0.2) is 45.0 Å². The van der Waals surface area contributed by atoms with E-state index in [1.807, 2.05) is 30.3 Å². The standard InChI is InChI=1S/C16H18ClN3O3/c17-14(18-22)12-8-16(6-7-16)13-9-19(12)15(21)20(13)23-10-11-4-2-1-3-5-11/h1-5,12-13,22H,6-10H2/b18-14-/t12?,13-/m1/s1. The lowest BCUT2D eigenvalue weighted by Crippen LogP contribution is -2.48. The molecule has 1 unspecified atom stereocenters. The third-order valence-corrected chi connectivity index (χ3v) is 5.57. The number of hydrogen-bond acceptors (Lipinski definition) is 4. The molecule has 1 spiro atoms. The lowest BCUT2D eigenvalue weighted by atomic mass is 9.85. The van der Waals surface area contributed by atoms with E-state index >= 15 is 0 Å². The molecule has 1 aliphatic carbocycles. The van der Waals surface area contributed by atoms with Crippen molar-refractivity contribution in [3.63, 3.8) is 0 Å². The molecule has 1 aromatic carbocycles. The van der Waals surface area contributed by atoms with E-state index in [-0.39, 0.29) is 28.7 Å². The van der Waals surface area contributed by atoms with E-state index in [9.17, 15) is 4.79 Å². The van der Waals surface area contributed by atoms with Gasteiger partial charge in [-0.25, -0.2) is 4.79 Å². The summed E-state index contributed by atoms with van der Waals surface area (Å²) in [7, 11) is 0. The first kappa shape index (κ1) is 14.8. The zero-order valence-corrected chi connectivity index (χ0v) is 13.3. The molecule has 0 radical (unpaired) electrons. The highest BCUT2D eigenvalue weighted by Crippen LogP contribution is 2.59. The van der Waals surface area contributed by atoms with Crippen LogP contribution in [0.5, 0.6) is 0 Å². The maximum Gasteiger partial charge on any atom is 0.344 e. The Kier molecular flexibility index (Phi) is 3.46. The first-order valence-corrected chi connectivity index (χ1v) is 8.16. The Balaban J connectivity index is 1.54. The van der Waals surface area contributed by atoms with Crippen LogP contribution in [0.3, 0.4) is 0 Å². The predicted molar refractivity (Wildman–Crippen MR) is 84.1 cm³/mol. The van der Waals surface area contributed by atoms with Gasteiger partial charge in [0.15, 0.2) is 5.17 Å². The zero-order chi connectivity index (χ0) is 16.0. The van der Waals surface area contributed by atoms with Crippen molar-refractivity contribution in [1.82, 2.24) is 9.96 Å². The molecule has 2 amide bonds. The number of urea groups is 1. The van der Waals surface area contributed by atoms with Gasteiger partial charge in [-0.3, -0.25) is 4.84 Å². The first-order valence-electron chi connectivity index (χ1n) is 7.79. The van der Waals surface area contributed by atoms with E-state index < -0.39 is 0 Å². The summed E-state index contributed by atoms with van der Waals surface area (Å²) in [5.41, 5.74) is 1.07. The fourth-order valence-electron chi connectivity index (χ4n) is 3.77. The van der Waals surface area contributed by atoms with Crippen molar-refractivity contribution in [2.45, 2.75) is 38.0 Å². The van der Waals surface area contributed by atoms with E-state index in [0.717, 1.165) is 24.8 Å². The van der Waals surface area contributed by atoms with Crippen molar-refractivity contribution in [1.29, 1.82) is 0 Å². The van der Waals surface area contributed by atoms with E-state index in [1.165, 1.54) is 5.06 Å². The molecule has 2 heterocycles. The molecular formula is C16H18ClN3O3. The van der Waals surface area contributed by atoms with Gasteiger partial charge in [0.1, 0.15) is 6.61 Å². The summed E-state index contributed by atoms with van der Waals surface area (Å²) >= 11 is 6.02. The van der Waals surface area contributed by atoms with Gasteiger partial charge in [-0.15, -0.1) is 0 Å². The Bertz CT molecular complexity index is 647. The summed E-state index contributed by atoms with van der Waals surface area (Å²) in [6.07, 6.45) is 2.84. The SMILES string of the molecule is O=C1N2C[C@@H](N1OCc1ccccc1)C1(CC1)CC2/C(Cl)=N/O. The summed E-state index contributed by atoms with van der Waals surface area (Å²) in [6.45, 7) is 0.934. The molecule has 0 aromatic heterocycles. The number of hydrogen-bond donors (Lipinski definition) is 1. The molecule has 2 aliphatic heterocycles. The number of fused-ring (bicyclic) bond motifs is 3. The lowest BCUT2D eigenvalue weighted by molar-refractivity contribution is -0.153. The molecule has 2 bridgehead atoms. The number of rotatable bonds is 4. The Hall–Kier alpha value is -1.79. The molecule has 7 heteroatoms. The van der Waals surface area contributed by atoms with Gasteiger partial charge in [-0.05, 0) is 30.2 Å². The number of amides is 2. The van der Waals surface area contributed by atoms with Gasteiger partial charge in [0.2, 0.25) is 0 Å². The van der Waals surface area contributed by atoms with Gasteiger partial charge in [0.05, 0.1) is 12.1 Å². The lowest BCUT2D eigenvalue weighted by Gasteiger charge is -2.35. The van der Waals surface area contributed by atoms with Crippen LogP contribution in [0.1, 0.15) is 24.8 Å². The van der Waals surface area contributed by atoms with Gasteiger partial charge >= 0.3 is 6.03 Å². The molecule has 2 atom stereocenters. The molecule has 3 fully saturated rings. The van der Waals surface area contributed by atoms with Crippen LogP contribution in [0.25, 0.3) is 0 Å². The smallest absolute Gasteiger partial charge is 0.344 e. The number of hydroxylamine groups is 2. The number of oxime groups is 1. The Morgan fingerprint density at radius 3 is 2.78 bits per heavy atom. The van der Waals surface area contributed by atoms with E-state index in [0.29, 0.717) is 13.2 Å². The van der Waals surface area contributed by atoms with Gasteiger partial charge in [-0.2, -0.15) is 5.06 Å². The van der Waals surface area contributed by atoms with Crippen LogP contribution >= 0.6 is 11.6 Å². The summed E-state index contributed by atoms with van der Waals surface area (Å²) in [5.74, 6) is 0. The van der Waals surface area contributed by atoms with Gasteiger partial charge in [0, 0.05) is 6.54 Å². The summed E-state index contributed by atoms with van der Waals surface area (Å²) in [4.78, 5) is 20.2. The number of piperidine rings is 1. The van der Waals surface area contributed by atoms with Gasteiger partial charge in [0.25, 0.3) is 0 Å². The van der Waals surface area contributed by atoms with Crippen LogP contribution in [-0.2, 0) is 11.4 Å². The largest absolute Gasteiger partial charge is 0.410 e. The molecule has 1 N–H and O–H groups in total. The van der Waals surface area contributed by atoms with E-state index in [4.69, 9.17) is 21.6 Å². The molecule has 2 saturated heterocycles. The Morgan fingerprint density at radius 2 is 2.13 bits per heavy atom. The Labute approximate surface area is 139 Å². The third kappa shape index (κ3) is 2.37. The first-order chi connectivity index (χ1) is 11.1. The highest BCUT2D eigenvalue weighted by molar-refractivity contribution is 6.66. The van der Waals surface area contributed by atoms with Crippen LogP contribution < -0.4 is 0 Å². The zero-order valence-electron chi connectivity index (χ0n) is 12.6. The maximum absolute atomic E-state index is 12.7. The van der Waals surface area contributed by atoms with Gasteiger partial charge in [-0.1, -0.05) is 47.1 Å². The van der Waals surface area contributed by atoms with Crippen LogP contribution in [0.15, 0.2) is 35.5 Å². The van der Waals surface area contributed by atoms with Crippen LogP contribution in [0.4, 0.5) is 4.79 Å². The van der Waals surface area contributed by atoms with Crippen LogP contribution in [0, 0.1) is 5.41 Å².